The Balaban J connectivity index is 1.88. The van der Waals surface area contributed by atoms with Crippen LogP contribution in [0.4, 0.5) is 11.5 Å². The predicted molar refractivity (Wildman–Crippen MR) is 87.4 cm³/mol. The van der Waals surface area contributed by atoms with Gasteiger partial charge in [-0.05, 0) is 36.4 Å². The Morgan fingerprint density at radius 1 is 1.08 bits per heavy atom. The molecule has 1 aliphatic heterocycles. The summed E-state index contributed by atoms with van der Waals surface area (Å²) in [4.78, 5) is 15.5. The fourth-order valence-corrected chi connectivity index (χ4v) is 4.72. The van der Waals surface area contributed by atoms with Crippen molar-refractivity contribution in [1.29, 1.82) is 0 Å². The first-order valence-corrected chi connectivity index (χ1v) is 9.99. The molecule has 8 nitrogen and oxygen atoms in total. The summed E-state index contributed by atoms with van der Waals surface area (Å²) in [6.07, 6.45) is 1.37. The normalized spacial score (nSPS) is 17.0. The molecule has 0 radical (unpaired) electrons. The van der Waals surface area contributed by atoms with Crippen molar-refractivity contribution in [2.24, 2.45) is 0 Å². The molecule has 0 spiro atoms. The number of benzene rings is 1. The number of hydrogen-bond acceptors (Lipinski definition) is 6. The van der Waals surface area contributed by atoms with Gasteiger partial charge in [0.15, 0.2) is 0 Å². The highest BCUT2D eigenvalue weighted by Crippen LogP contribution is 2.26. The average molecular weight is 367 g/mol. The zero-order valence-corrected chi connectivity index (χ0v) is 13.9. The molecule has 126 valence electrons. The van der Waals surface area contributed by atoms with E-state index >= 15 is 0 Å². The van der Waals surface area contributed by atoms with Gasteiger partial charge in [0.1, 0.15) is 5.82 Å². The van der Waals surface area contributed by atoms with Crippen molar-refractivity contribution in [2.45, 2.75) is 11.3 Å². The molecular formula is C14H13N3O5S2. The van der Waals surface area contributed by atoms with E-state index in [-0.39, 0.29) is 28.6 Å². The van der Waals surface area contributed by atoms with Crippen LogP contribution >= 0.6 is 0 Å². The maximum atomic E-state index is 12.3. The lowest BCUT2D eigenvalue weighted by Crippen LogP contribution is -2.29. The number of nitrogens with one attached hydrogen (secondary N) is 1. The highest BCUT2D eigenvalue weighted by Gasteiger charge is 2.36. The van der Waals surface area contributed by atoms with E-state index in [4.69, 9.17) is 0 Å². The molecule has 2 aromatic rings. The summed E-state index contributed by atoms with van der Waals surface area (Å²) in [5.74, 6) is -0.608. The fraction of sp³-hybridized carbons (Fsp3) is 0.143. The Hall–Kier alpha value is -2.46. The van der Waals surface area contributed by atoms with E-state index in [1.54, 1.807) is 12.1 Å². The average Bonchev–Trinajstić information content (AvgIpc) is 2.81. The standard InChI is InChI=1S/C14H13N3O5S2/c18-14-8-10-23(19,20)17(14)11-4-6-12(7-5-11)24(21,22)16-13-3-1-2-9-15-13/h1-7,9H,8,10H2,(H,15,16). The zero-order valence-electron chi connectivity index (χ0n) is 12.3. The molecular weight excluding hydrogens is 354 g/mol. The van der Waals surface area contributed by atoms with Gasteiger partial charge in [0.2, 0.25) is 15.9 Å². The topological polar surface area (TPSA) is 114 Å². The first-order chi connectivity index (χ1) is 11.3. The molecule has 1 fully saturated rings. The second kappa shape index (κ2) is 5.87. The molecule has 1 aromatic heterocycles. The quantitative estimate of drug-likeness (QED) is 0.861. The van der Waals surface area contributed by atoms with E-state index in [0.29, 0.717) is 4.31 Å². The Kier molecular flexibility index (Phi) is 4.01. The van der Waals surface area contributed by atoms with Gasteiger partial charge in [-0.25, -0.2) is 26.1 Å². The van der Waals surface area contributed by atoms with E-state index in [0.717, 1.165) is 0 Å². The molecule has 0 saturated carbocycles. The zero-order chi connectivity index (χ0) is 17.4. The second-order valence-electron chi connectivity index (χ2n) is 5.04. The molecule has 0 atom stereocenters. The molecule has 2 heterocycles. The smallest absolute Gasteiger partial charge is 0.263 e. The largest absolute Gasteiger partial charge is 0.273 e. The van der Waals surface area contributed by atoms with Gasteiger partial charge in [-0.1, -0.05) is 6.07 Å². The van der Waals surface area contributed by atoms with Crippen LogP contribution in [0, 0.1) is 0 Å². The van der Waals surface area contributed by atoms with E-state index < -0.39 is 26.0 Å². The van der Waals surface area contributed by atoms with Crippen LogP contribution in [0.25, 0.3) is 0 Å². The number of aromatic nitrogens is 1. The number of nitrogens with zero attached hydrogens (tertiary/aromatic N) is 2. The minimum absolute atomic E-state index is 0.0686. The van der Waals surface area contributed by atoms with Crippen molar-refractivity contribution >= 4 is 37.5 Å². The third-order valence-corrected chi connectivity index (χ3v) is 6.43. The monoisotopic (exact) mass is 367 g/mol. The van der Waals surface area contributed by atoms with Crippen LogP contribution in [0.15, 0.2) is 53.6 Å². The van der Waals surface area contributed by atoms with Crippen molar-refractivity contribution in [2.75, 3.05) is 14.8 Å². The number of hydrogen-bond donors (Lipinski definition) is 1. The summed E-state index contributed by atoms with van der Waals surface area (Å²) in [5.41, 5.74) is 0.120. The molecule has 24 heavy (non-hydrogen) atoms. The lowest BCUT2D eigenvalue weighted by atomic mass is 10.3. The van der Waals surface area contributed by atoms with Crippen molar-refractivity contribution in [1.82, 2.24) is 4.98 Å². The second-order valence-corrected chi connectivity index (χ2v) is 8.66. The highest BCUT2D eigenvalue weighted by molar-refractivity contribution is 7.94. The summed E-state index contributed by atoms with van der Waals surface area (Å²) in [5, 5.41) is 0. The van der Waals surface area contributed by atoms with Crippen molar-refractivity contribution < 1.29 is 21.6 Å². The molecule has 1 saturated heterocycles. The number of sulfonamides is 2. The van der Waals surface area contributed by atoms with E-state index in [1.807, 2.05) is 0 Å². The fourth-order valence-electron chi connectivity index (χ4n) is 2.25. The Labute approximate surface area is 139 Å². The lowest BCUT2D eigenvalue weighted by Gasteiger charge is -2.15. The summed E-state index contributed by atoms with van der Waals surface area (Å²) >= 11 is 0. The van der Waals surface area contributed by atoms with Crippen LogP contribution in [0.2, 0.25) is 0 Å². The molecule has 3 rings (SSSR count). The van der Waals surface area contributed by atoms with Gasteiger partial charge in [0.25, 0.3) is 10.0 Å². The number of carbonyl (C=O) groups excluding carboxylic acids is 1. The third kappa shape index (κ3) is 3.10. The third-order valence-electron chi connectivity index (χ3n) is 3.36. The molecule has 1 aliphatic rings. The Bertz CT molecular complexity index is 971. The molecule has 1 amide bonds. The van der Waals surface area contributed by atoms with Crippen molar-refractivity contribution in [3.8, 4) is 0 Å². The summed E-state index contributed by atoms with van der Waals surface area (Å²) in [6.45, 7) is 0. The van der Waals surface area contributed by atoms with Gasteiger partial charge in [0.05, 0.1) is 16.3 Å². The lowest BCUT2D eigenvalue weighted by molar-refractivity contribution is -0.116. The first kappa shape index (κ1) is 16.4. The van der Waals surface area contributed by atoms with Gasteiger partial charge in [-0.15, -0.1) is 0 Å². The maximum absolute atomic E-state index is 12.3. The van der Waals surface area contributed by atoms with Crippen LogP contribution < -0.4 is 9.03 Å². The van der Waals surface area contributed by atoms with Crippen LogP contribution in [0.5, 0.6) is 0 Å². The Morgan fingerprint density at radius 3 is 2.33 bits per heavy atom. The van der Waals surface area contributed by atoms with Crippen molar-refractivity contribution in [3.05, 3.63) is 48.7 Å². The van der Waals surface area contributed by atoms with Gasteiger partial charge >= 0.3 is 0 Å². The van der Waals surface area contributed by atoms with Crippen LogP contribution in [-0.4, -0.2) is 33.5 Å². The van der Waals surface area contributed by atoms with E-state index in [2.05, 4.69) is 9.71 Å². The summed E-state index contributed by atoms with van der Waals surface area (Å²) in [7, 11) is -7.54. The molecule has 0 bridgehead atoms. The first-order valence-electron chi connectivity index (χ1n) is 6.89. The van der Waals surface area contributed by atoms with E-state index in [1.165, 1.54) is 36.5 Å². The number of pyridine rings is 1. The number of amides is 1. The van der Waals surface area contributed by atoms with Gasteiger partial charge in [-0.3, -0.25) is 9.52 Å². The summed E-state index contributed by atoms with van der Waals surface area (Å²) < 4.78 is 51.3. The maximum Gasteiger partial charge on any atom is 0.263 e. The number of anilines is 2. The van der Waals surface area contributed by atoms with Crippen LogP contribution in [0.1, 0.15) is 6.42 Å². The van der Waals surface area contributed by atoms with Crippen LogP contribution in [0.3, 0.4) is 0 Å². The van der Waals surface area contributed by atoms with Crippen LogP contribution in [-0.2, 0) is 24.8 Å². The summed E-state index contributed by atoms with van der Waals surface area (Å²) in [6, 6.07) is 9.84. The predicted octanol–water partition coefficient (Wildman–Crippen LogP) is 0.949. The minimum atomic E-state index is -3.86. The number of carbonyl (C=O) groups is 1. The van der Waals surface area contributed by atoms with Gasteiger partial charge in [-0.2, -0.15) is 0 Å². The molecule has 10 heteroatoms. The van der Waals surface area contributed by atoms with Gasteiger partial charge in [0, 0.05) is 12.6 Å². The Morgan fingerprint density at radius 2 is 1.79 bits per heavy atom. The van der Waals surface area contributed by atoms with Gasteiger partial charge < -0.3 is 0 Å². The molecule has 1 N–H and O–H groups in total. The SMILES string of the molecule is O=C1CCS(=O)(=O)N1c1ccc(S(=O)(=O)Nc2ccccn2)cc1. The van der Waals surface area contributed by atoms with E-state index in [9.17, 15) is 21.6 Å². The highest BCUT2D eigenvalue weighted by atomic mass is 32.2. The molecule has 1 aromatic carbocycles. The number of rotatable bonds is 4. The minimum Gasteiger partial charge on any atom is -0.273 e. The molecule has 0 unspecified atom stereocenters. The van der Waals surface area contributed by atoms with Crippen molar-refractivity contribution in [3.63, 3.8) is 0 Å². The molecule has 0 aliphatic carbocycles.